The molecule has 3 aliphatic carbocycles. The van der Waals surface area contributed by atoms with Gasteiger partial charge in [-0.05, 0) is 119 Å². The summed E-state index contributed by atoms with van der Waals surface area (Å²) in [5.74, 6) is 1.21. The second-order valence-electron chi connectivity index (χ2n) is 15.6. The first-order chi connectivity index (χ1) is 26.8. The molecule has 6 aromatic carbocycles. The van der Waals surface area contributed by atoms with Crippen LogP contribution in [-0.2, 0) is 5.41 Å². The molecular weight excluding hydrogens is 663 g/mol. The van der Waals surface area contributed by atoms with Crippen LogP contribution in [0.2, 0.25) is 0 Å². The number of allylic oxidation sites excluding steroid dienone is 8. The van der Waals surface area contributed by atoms with Crippen molar-refractivity contribution >= 4 is 27.8 Å². The van der Waals surface area contributed by atoms with Crippen molar-refractivity contribution in [3.8, 4) is 22.3 Å². The van der Waals surface area contributed by atoms with Crippen LogP contribution in [0.4, 0.5) is 17.1 Å². The first-order valence-corrected chi connectivity index (χ1v) is 20.2. The Morgan fingerprint density at radius 3 is 1.93 bits per heavy atom. The fourth-order valence-corrected chi connectivity index (χ4v) is 8.41. The van der Waals surface area contributed by atoms with E-state index in [1.165, 1.54) is 78.7 Å². The third-order valence-corrected chi connectivity index (χ3v) is 11.5. The monoisotopic (exact) mass is 717 g/mol. The first kappa shape index (κ1) is 37.6. The van der Waals surface area contributed by atoms with Gasteiger partial charge in [-0.2, -0.15) is 0 Å². The molecule has 1 heteroatoms. The molecule has 0 saturated carbocycles. The fourth-order valence-electron chi connectivity index (χ4n) is 8.41. The Balaban J connectivity index is 0.000000411. The molecule has 9 rings (SSSR count). The normalized spacial score (nSPS) is 17.4. The highest BCUT2D eigenvalue weighted by Crippen LogP contribution is 2.54. The number of benzene rings is 6. The van der Waals surface area contributed by atoms with Crippen LogP contribution in [0.5, 0.6) is 0 Å². The summed E-state index contributed by atoms with van der Waals surface area (Å²) in [5, 5.41) is 2.50. The number of aryl methyl sites for hydroxylation is 1. The number of hydrogen-bond acceptors (Lipinski definition) is 1. The van der Waals surface area contributed by atoms with Crippen LogP contribution in [0.15, 0.2) is 181 Å². The van der Waals surface area contributed by atoms with Gasteiger partial charge >= 0.3 is 0 Å². The summed E-state index contributed by atoms with van der Waals surface area (Å²) in [6.45, 7) is 15.3. The van der Waals surface area contributed by atoms with Crippen molar-refractivity contribution in [2.75, 3.05) is 4.90 Å². The van der Waals surface area contributed by atoms with E-state index in [9.17, 15) is 0 Å². The second kappa shape index (κ2) is 16.4. The maximum absolute atomic E-state index is 2.45. The molecule has 0 aromatic heterocycles. The molecule has 6 aromatic rings. The van der Waals surface area contributed by atoms with Crippen LogP contribution in [0.1, 0.15) is 77.0 Å². The molecule has 0 bridgehead atoms. The fraction of sp³-hybridized carbons (Fsp3) is 0.222. The Morgan fingerprint density at radius 2 is 1.24 bits per heavy atom. The lowest BCUT2D eigenvalue weighted by Gasteiger charge is -2.27. The number of hydrogen-bond donors (Lipinski definition) is 0. The zero-order valence-corrected chi connectivity index (χ0v) is 33.7. The molecular formula is C54H55N. The van der Waals surface area contributed by atoms with E-state index in [0.717, 1.165) is 18.0 Å². The van der Waals surface area contributed by atoms with Gasteiger partial charge in [0.15, 0.2) is 0 Å². The Kier molecular flexibility index (Phi) is 11.2. The average Bonchev–Trinajstić information content (AvgIpc) is 3.46. The quantitative estimate of drug-likeness (QED) is 0.172. The smallest absolute Gasteiger partial charge is 0.0468 e. The molecule has 0 heterocycles. The summed E-state index contributed by atoms with van der Waals surface area (Å²) in [6, 6.07) is 49.2. The van der Waals surface area contributed by atoms with Gasteiger partial charge in [-0.3, -0.25) is 0 Å². The zero-order valence-electron chi connectivity index (χ0n) is 33.7. The van der Waals surface area contributed by atoms with E-state index in [2.05, 4.69) is 209 Å². The number of anilines is 3. The van der Waals surface area contributed by atoms with Gasteiger partial charge in [0, 0.05) is 28.4 Å². The molecule has 276 valence electrons. The average molecular weight is 718 g/mol. The third-order valence-electron chi connectivity index (χ3n) is 11.5. The predicted molar refractivity (Wildman–Crippen MR) is 240 cm³/mol. The van der Waals surface area contributed by atoms with Crippen LogP contribution in [0, 0.1) is 12.8 Å². The molecule has 0 radical (unpaired) electrons. The van der Waals surface area contributed by atoms with Gasteiger partial charge in [-0.1, -0.05) is 179 Å². The van der Waals surface area contributed by atoms with E-state index in [0.29, 0.717) is 5.92 Å². The number of nitrogens with zero attached hydrogens (tertiary/aromatic N) is 1. The van der Waals surface area contributed by atoms with E-state index in [1.807, 2.05) is 13.8 Å². The molecule has 0 saturated heterocycles. The van der Waals surface area contributed by atoms with Crippen LogP contribution in [0.25, 0.3) is 33.0 Å². The lowest BCUT2D eigenvalue weighted by molar-refractivity contribution is 0.612. The van der Waals surface area contributed by atoms with Gasteiger partial charge in [0.2, 0.25) is 0 Å². The SMILES string of the molecule is CC.CC1=CCC(C)C=C1.Cc1ccccc1-c1ccc(-c2ccc(N(c3ccc4c(c3)C3CC=CC=C3C4(C)C)c3ccc4ccccc4c3)cc2)cc1. The highest BCUT2D eigenvalue weighted by atomic mass is 15.1. The van der Waals surface area contributed by atoms with Crippen molar-refractivity contribution in [3.05, 3.63) is 198 Å². The maximum Gasteiger partial charge on any atom is 0.0468 e. The summed E-state index contributed by atoms with van der Waals surface area (Å²) in [6.07, 6.45) is 15.9. The molecule has 2 unspecified atom stereocenters. The van der Waals surface area contributed by atoms with Crippen LogP contribution in [-0.4, -0.2) is 0 Å². The highest BCUT2D eigenvalue weighted by Gasteiger charge is 2.41. The second-order valence-corrected chi connectivity index (χ2v) is 15.6. The lowest BCUT2D eigenvalue weighted by atomic mass is 9.79. The minimum atomic E-state index is 0.0491. The van der Waals surface area contributed by atoms with Gasteiger partial charge in [0.1, 0.15) is 0 Å². The van der Waals surface area contributed by atoms with Crippen molar-refractivity contribution in [2.24, 2.45) is 5.92 Å². The first-order valence-electron chi connectivity index (χ1n) is 20.2. The largest absolute Gasteiger partial charge is 0.310 e. The Morgan fingerprint density at radius 1 is 0.618 bits per heavy atom. The van der Waals surface area contributed by atoms with Gasteiger partial charge in [0.25, 0.3) is 0 Å². The van der Waals surface area contributed by atoms with E-state index in [-0.39, 0.29) is 5.41 Å². The van der Waals surface area contributed by atoms with Crippen molar-refractivity contribution in [3.63, 3.8) is 0 Å². The summed E-state index contributed by atoms with van der Waals surface area (Å²) in [4.78, 5) is 2.42. The molecule has 1 nitrogen and oxygen atoms in total. The van der Waals surface area contributed by atoms with Gasteiger partial charge in [0.05, 0.1) is 0 Å². The minimum Gasteiger partial charge on any atom is -0.310 e. The molecule has 0 aliphatic heterocycles. The van der Waals surface area contributed by atoms with Crippen LogP contribution in [0.3, 0.4) is 0 Å². The van der Waals surface area contributed by atoms with Crippen molar-refractivity contribution in [2.45, 2.75) is 72.6 Å². The molecule has 55 heavy (non-hydrogen) atoms. The van der Waals surface area contributed by atoms with Crippen molar-refractivity contribution in [1.29, 1.82) is 0 Å². The van der Waals surface area contributed by atoms with E-state index in [4.69, 9.17) is 0 Å². The van der Waals surface area contributed by atoms with E-state index >= 15 is 0 Å². The van der Waals surface area contributed by atoms with E-state index in [1.54, 1.807) is 0 Å². The molecule has 0 amide bonds. The predicted octanol–water partition coefficient (Wildman–Crippen LogP) is 15.8. The number of rotatable bonds is 5. The summed E-state index contributed by atoms with van der Waals surface area (Å²) >= 11 is 0. The van der Waals surface area contributed by atoms with Gasteiger partial charge in [-0.25, -0.2) is 0 Å². The maximum atomic E-state index is 2.45. The van der Waals surface area contributed by atoms with Crippen molar-refractivity contribution in [1.82, 2.24) is 0 Å². The van der Waals surface area contributed by atoms with Crippen LogP contribution < -0.4 is 4.90 Å². The Labute approximate surface area is 330 Å². The molecule has 3 aliphatic rings. The molecule has 0 fully saturated rings. The molecule has 2 atom stereocenters. The number of fused-ring (bicyclic) bond motifs is 4. The summed E-state index contributed by atoms with van der Waals surface area (Å²) < 4.78 is 0. The molecule has 0 N–H and O–H groups in total. The lowest BCUT2D eigenvalue weighted by Crippen LogP contribution is -2.17. The van der Waals surface area contributed by atoms with Gasteiger partial charge in [-0.15, -0.1) is 0 Å². The Bertz CT molecular complexity index is 2400. The summed E-state index contributed by atoms with van der Waals surface area (Å²) in [7, 11) is 0. The molecule has 0 spiro atoms. The standard InChI is InChI=1S/C44H37N.C8H12.C2H6/c1-30-10-4-7-13-39(30)34-18-16-32(17-19-34)33-20-23-36(24-21-33)45(37-25-22-31-11-5-6-12-35(31)28-37)38-26-27-43-41(29-38)40-14-8-9-15-42(40)44(43,2)3;1-7-3-5-8(2)6-4-7;1-2/h4-13,15-29,40H,14H2,1-3H3;3-5,8H,6H2,1-2H3;1-2H3. The topological polar surface area (TPSA) is 3.24 Å². The van der Waals surface area contributed by atoms with Crippen molar-refractivity contribution < 1.29 is 0 Å². The van der Waals surface area contributed by atoms with E-state index < -0.39 is 0 Å². The third kappa shape index (κ3) is 7.80. The minimum absolute atomic E-state index is 0.0491. The Hall–Kier alpha value is -5.66. The zero-order chi connectivity index (χ0) is 38.5. The van der Waals surface area contributed by atoms with Crippen LogP contribution >= 0.6 is 0 Å². The van der Waals surface area contributed by atoms with Gasteiger partial charge < -0.3 is 4.90 Å². The highest BCUT2D eigenvalue weighted by molar-refractivity contribution is 5.90. The summed E-state index contributed by atoms with van der Waals surface area (Å²) in [5.41, 5.74) is 15.7.